The Morgan fingerprint density at radius 1 is 1.05 bits per heavy atom. The zero-order valence-corrected chi connectivity index (χ0v) is 11.8. The van der Waals surface area contributed by atoms with Gasteiger partial charge >= 0.3 is 6.09 Å². The molecule has 108 valence electrons. The number of nitrogens with zero attached hydrogens (tertiary/aromatic N) is 1. The SMILES string of the molecule is C=CC1CN(c2ccc3c(c2)C(=O)c2ccccc2-3)C(=O)O1. The van der Waals surface area contributed by atoms with Gasteiger partial charge in [0.25, 0.3) is 0 Å². The van der Waals surface area contributed by atoms with Gasteiger partial charge in [0.2, 0.25) is 0 Å². The third-order valence-corrected chi connectivity index (χ3v) is 4.12. The van der Waals surface area contributed by atoms with Gasteiger partial charge in [-0.05, 0) is 29.3 Å². The van der Waals surface area contributed by atoms with Crippen molar-refractivity contribution in [1.29, 1.82) is 0 Å². The van der Waals surface area contributed by atoms with Crippen molar-refractivity contribution in [3.05, 3.63) is 66.2 Å². The van der Waals surface area contributed by atoms with Gasteiger partial charge in [0.15, 0.2) is 5.78 Å². The Morgan fingerprint density at radius 3 is 2.50 bits per heavy atom. The zero-order chi connectivity index (χ0) is 15.3. The number of cyclic esters (lactones) is 1. The number of hydrogen-bond acceptors (Lipinski definition) is 3. The molecule has 0 bridgehead atoms. The average Bonchev–Trinajstić information content (AvgIpc) is 3.06. The smallest absolute Gasteiger partial charge is 0.415 e. The van der Waals surface area contributed by atoms with Crippen LogP contribution in [0.1, 0.15) is 15.9 Å². The van der Waals surface area contributed by atoms with E-state index in [-0.39, 0.29) is 11.9 Å². The van der Waals surface area contributed by atoms with Gasteiger partial charge in [-0.25, -0.2) is 4.79 Å². The van der Waals surface area contributed by atoms with Crippen molar-refractivity contribution in [3.63, 3.8) is 0 Å². The maximum atomic E-state index is 12.5. The summed E-state index contributed by atoms with van der Waals surface area (Å²) >= 11 is 0. The molecular formula is C18H13NO3. The molecule has 0 radical (unpaired) electrons. The molecular weight excluding hydrogens is 278 g/mol. The molecule has 1 heterocycles. The number of fused-ring (bicyclic) bond motifs is 3. The topological polar surface area (TPSA) is 46.6 Å². The number of ether oxygens (including phenoxy) is 1. The molecule has 0 aromatic heterocycles. The Labute approximate surface area is 127 Å². The Morgan fingerprint density at radius 2 is 1.77 bits per heavy atom. The van der Waals surface area contributed by atoms with Gasteiger partial charge in [-0.1, -0.05) is 36.9 Å². The number of carbonyl (C=O) groups excluding carboxylic acids is 2. The van der Waals surface area contributed by atoms with Gasteiger partial charge in [-0.2, -0.15) is 0 Å². The predicted molar refractivity (Wildman–Crippen MR) is 83.1 cm³/mol. The molecule has 4 rings (SSSR count). The minimum atomic E-state index is -0.409. The first-order valence-corrected chi connectivity index (χ1v) is 7.08. The Bertz CT molecular complexity index is 825. The lowest BCUT2D eigenvalue weighted by Crippen LogP contribution is -2.24. The van der Waals surface area contributed by atoms with Gasteiger partial charge in [-0.3, -0.25) is 9.69 Å². The van der Waals surface area contributed by atoms with Crippen LogP contribution >= 0.6 is 0 Å². The molecule has 2 aromatic rings. The molecule has 1 saturated heterocycles. The number of hydrogen-bond donors (Lipinski definition) is 0. The second-order valence-electron chi connectivity index (χ2n) is 5.37. The third kappa shape index (κ3) is 1.70. The normalized spacial score (nSPS) is 18.9. The van der Waals surface area contributed by atoms with Crippen LogP contribution in [0.2, 0.25) is 0 Å². The van der Waals surface area contributed by atoms with Crippen LogP contribution in [-0.4, -0.2) is 24.5 Å². The van der Waals surface area contributed by atoms with Crippen molar-refractivity contribution in [2.45, 2.75) is 6.10 Å². The summed E-state index contributed by atoms with van der Waals surface area (Å²) in [6.07, 6.45) is 0.883. The lowest BCUT2D eigenvalue weighted by molar-refractivity contribution is 0.104. The van der Waals surface area contributed by atoms with Crippen molar-refractivity contribution in [2.24, 2.45) is 0 Å². The van der Waals surface area contributed by atoms with Gasteiger partial charge in [0.05, 0.1) is 6.54 Å². The summed E-state index contributed by atoms with van der Waals surface area (Å²) in [5.74, 6) is 0.000264. The van der Waals surface area contributed by atoms with Crippen LogP contribution in [0.3, 0.4) is 0 Å². The minimum Gasteiger partial charge on any atom is -0.440 e. The molecule has 1 aliphatic carbocycles. The number of anilines is 1. The van der Waals surface area contributed by atoms with Crippen LogP contribution < -0.4 is 4.90 Å². The van der Waals surface area contributed by atoms with Crippen molar-refractivity contribution >= 4 is 17.6 Å². The van der Waals surface area contributed by atoms with E-state index in [9.17, 15) is 9.59 Å². The highest BCUT2D eigenvalue weighted by atomic mass is 16.6. The molecule has 1 fully saturated rings. The molecule has 0 spiro atoms. The number of benzene rings is 2. The highest BCUT2D eigenvalue weighted by molar-refractivity contribution is 6.22. The van der Waals surface area contributed by atoms with E-state index in [1.807, 2.05) is 36.4 Å². The molecule has 1 amide bonds. The molecule has 1 aliphatic heterocycles. The fraction of sp³-hybridized carbons (Fsp3) is 0.111. The summed E-state index contributed by atoms with van der Waals surface area (Å²) in [6, 6.07) is 13.1. The molecule has 22 heavy (non-hydrogen) atoms. The zero-order valence-electron chi connectivity index (χ0n) is 11.8. The Balaban J connectivity index is 1.77. The van der Waals surface area contributed by atoms with E-state index in [1.54, 1.807) is 12.1 Å². The van der Waals surface area contributed by atoms with E-state index in [4.69, 9.17) is 4.74 Å². The molecule has 2 aliphatic rings. The molecule has 2 aromatic carbocycles. The predicted octanol–water partition coefficient (Wildman–Crippen LogP) is 3.41. The van der Waals surface area contributed by atoms with E-state index in [0.29, 0.717) is 23.4 Å². The fourth-order valence-electron chi connectivity index (χ4n) is 3.00. The van der Waals surface area contributed by atoms with E-state index in [2.05, 4.69) is 6.58 Å². The fourth-order valence-corrected chi connectivity index (χ4v) is 3.00. The Kier molecular flexibility index (Phi) is 2.66. The van der Waals surface area contributed by atoms with Crippen molar-refractivity contribution in [2.75, 3.05) is 11.4 Å². The maximum absolute atomic E-state index is 12.5. The van der Waals surface area contributed by atoms with E-state index < -0.39 is 6.09 Å². The highest BCUT2D eigenvalue weighted by Gasteiger charge is 2.32. The van der Waals surface area contributed by atoms with Crippen LogP contribution in [-0.2, 0) is 4.74 Å². The summed E-state index contributed by atoms with van der Waals surface area (Å²) in [4.78, 5) is 26.0. The highest BCUT2D eigenvalue weighted by Crippen LogP contribution is 2.38. The van der Waals surface area contributed by atoms with E-state index in [0.717, 1.165) is 11.1 Å². The largest absolute Gasteiger partial charge is 0.440 e. The number of ketones is 1. The molecule has 1 unspecified atom stereocenters. The molecule has 0 saturated carbocycles. The van der Waals surface area contributed by atoms with Gasteiger partial charge < -0.3 is 4.74 Å². The second-order valence-corrected chi connectivity index (χ2v) is 5.37. The van der Waals surface area contributed by atoms with Gasteiger partial charge in [-0.15, -0.1) is 0 Å². The van der Waals surface area contributed by atoms with Crippen LogP contribution in [0.15, 0.2) is 55.1 Å². The number of rotatable bonds is 2. The number of amides is 1. The van der Waals surface area contributed by atoms with Crippen LogP contribution in [0, 0.1) is 0 Å². The average molecular weight is 291 g/mol. The van der Waals surface area contributed by atoms with Gasteiger partial charge in [0.1, 0.15) is 6.10 Å². The third-order valence-electron chi connectivity index (χ3n) is 4.12. The van der Waals surface area contributed by atoms with Gasteiger partial charge in [0, 0.05) is 16.8 Å². The summed E-state index contributed by atoms with van der Waals surface area (Å²) in [6.45, 7) is 4.06. The maximum Gasteiger partial charge on any atom is 0.415 e. The monoisotopic (exact) mass is 291 g/mol. The molecule has 4 nitrogen and oxygen atoms in total. The first-order valence-electron chi connectivity index (χ1n) is 7.08. The molecule has 1 atom stereocenters. The van der Waals surface area contributed by atoms with E-state index in [1.165, 1.54) is 4.90 Å². The van der Waals surface area contributed by atoms with Crippen LogP contribution in [0.5, 0.6) is 0 Å². The summed E-state index contributed by atoms with van der Waals surface area (Å²) in [5.41, 5.74) is 3.88. The first-order chi connectivity index (χ1) is 10.7. The van der Waals surface area contributed by atoms with Crippen molar-refractivity contribution in [1.82, 2.24) is 0 Å². The molecule has 4 heteroatoms. The standard InChI is InChI=1S/C18H13NO3/c1-2-12-10-19(18(21)22-12)11-7-8-14-13-5-3-4-6-15(13)17(20)16(14)9-11/h2-9,12H,1,10H2. The van der Waals surface area contributed by atoms with E-state index >= 15 is 0 Å². The lowest BCUT2D eigenvalue weighted by Gasteiger charge is -2.13. The lowest BCUT2D eigenvalue weighted by atomic mass is 10.1. The Hall–Kier alpha value is -2.88. The second kappa shape index (κ2) is 4.56. The van der Waals surface area contributed by atoms with Crippen LogP contribution in [0.4, 0.5) is 10.5 Å². The summed E-state index contributed by atoms with van der Waals surface area (Å²) < 4.78 is 5.17. The number of carbonyl (C=O) groups is 2. The van der Waals surface area contributed by atoms with Crippen molar-refractivity contribution < 1.29 is 14.3 Å². The minimum absolute atomic E-state index is 0.000264. The quantitative estimate of drug-likeness (QED) is 0.680. The summed E-state index contributed by atoms with van der Waals surface area (Å²) in [7, 11) is 0. The van der Waals surface area contributed by atoms with Crippen molar-refractivity contribution in [3.8, 4) is 11.1 Å². The first kappa shape index (κ1) is 12.8. The molecule has 0 N–H and O–H groups in total. The van der Waals surface area contributed by atoms with Crippen LogP contribution in [0.25, 0.3) is 11.1 Å². The summed E-state index contributed by atoms with van der Waals surface area (Å²) in [5, 5.41) is 0.